The number of aryl methyl sites for hydroxylation is 1. The van der Waals surface area contributed by atoms with Crippen molar-refractivity contribution in [3.63, 3.8) is 0 Å². The molecular formula is C19H30N4O4. The first-order chi connectivity index (χ1) is 13.1. The molecule has 0 aromatic carbocycles. The molecule has 27 heavy (non-hydrogen) atoms. The van der Waals surface area contributed by atoms with Crippen LogP contribution in [0.2, 0.25) is 0 Å². The maximum Gasteiger partial charge on any atom is 0.223 e. The van der Waals surface area contributed by atoms with Gasteiger partial charge in [0.15, 0.2) is 0 Å². The van der Waals surface area contributed by atoms with Gasteiger partial charge in [-0.2, -0.15) is 0 Å². The first kappa shape index (κ1) is 18.8. The minimum absolute atomic E-state index is 0.0263. The molecule has 2 heterocycles. The summed E-state index contributed by atoms with van der Waals surface area (Å²) in [5.41, 5.74) is -0.144. The number of hydrogen-bond donors (Lipinski definition) is 3. The van der Waals surface area contributed by atoms with E-state index in [1.807, 2.05) is 6.20 Å². The SMILES string of the molecule is O=C(N[C@@H]1CC[C@@H](CCn2cc(C3(O)CCCC3)nn2)O[C@H]1CO)C1CC1. The van der Waals surface area contributed by atoms with Crippen LogP contribution < -0.4 is 5.32 Å². The summed E-state index contributed by atoms with van der Waals surface area (Å²) in [7, 11) is 0. The molecule has 3 fully saturated rings. The molecule has 8 heteroatoms. The van der Waals surface area contributed by atoms with Crippen LogP contribution in [0.25, 0.3) is 0 Å². The Balaban J connectivity index is 1.27. The highest BCUT2D eigenvalue weighted by atomic mass is 16.5. The highest BCUT2D eigenvalue weighted by Crippen LogP contribution is 2.37. The van der Waals surface area contributed by atoms with Crippen LogP contribution in [0.3, 0.4) is 0 Å². The third-order valence-corrected chi connectivity index (χ3v) is 6.20. The number of rotatable bonds is 7. The maximum absolute atomic E-state index is 12.0. The van der Waals surface area contributed by atoms with Gasteiger partial charge in [0.25, 0.3) is 0 Å². The van der Waals surface area contributed by atoms with Gasteiger partial charge in [-0.3, -0.25) is 9.48 Å². The Labute approximate surface area is 159 Å². The van der Waals surface area contributed by atoms with Crippen molar-refractivity contribution in [1.29, 1.82) is 0 Å². The van der Waals surface area contributed by atoms with Crippen molar-refractivity contribution in [3.05, 3.63) is 11.9 Å². The lowest BCUT2D eigenvalue weighted by Gasteiger charge is -2.36. The fraction of sp³-hybridized carbons (Fsp3) is 0.842. The monoisotopic (exact) mass is 378 g/mol. The van der Waals surface area contributed by atoms with Gasteiger partial charge in [-0.1, -0.05) is 18.1 Å². The van der Waals surface area contributed by atoms with Gasteiger partial charge in [0.1, 0.15) is 17.4 Å². The molecule has 1 aromatic heterocycles. The van der Waals surface area contributed by atoms with E-state index in [1.165, 1.54) is 0 Å². The van der Waals surface area contributed by atoms with E-state index < -0.39 is 5.60 Å². The molecule has 1 aromatic rings. The normalized spacial score (nSPS) is 30.4. The first-order valence-electron chi connectivity index (χ1n) is 10.3. The van der Waals surface area contributed by atoms with Gasteiger partial charge in [0.2, 0.25) is 5.91 Å². The summed E-state index contributed by atoms with van der Waals surface area (Å²) in [5.74, 6) is 0.263. The van der Waals surface area contributed by atoms with Crippen LogP contribution in [0.15, 0.2) is 6.20 Å². The van der Waals surface area contributed by atoms with Crippen molar-refractivity contribution in [2.45, 2.75) is 88.2 Å². The zero-order valence-corrected chi connectivity index (χ0v) is 15.7. The third kappa shape index (κ3) is 4.33. The highest BCUT2D eigenvalue weighted by molar-refractivity contribution is 5.81. The zero-order valence-electron chi connectivity index (χ0n) is 15.7. The van der Waals surface area contributed by atoms with Crippen molar-refractivity contribution in [3.8, 4) is 0 Å². The Bertz CT molecular complexity index is 654. The fourth-order valence-electron chi connectivity index (χ4n) is 4.27. The Morgan fingerprint density at radius 2 is 2.07 bits per heavy atom. The van der Waals surface area contributed by atoms with Crippen LogP contribution in [0.1, 0.15) is 63.5 Å². The quantitative estimate of drug-likeness (QED) is 0.649. The molecule has 1 aliphatic heterocycles. The van der Waals surface area contributed by atoms with Gasteiger partial charge in [-0.15, -0.1) is 5.10 Å². The number of aliphatic hydroxyl groups is 2. The molecule has 1 saturated heterocycles. The molecule has 0 bridgehead atoms. The standard InChI is InChI=1S/C19H30N4O4/c24-12-16-15(20-18(25)13-3-4-13)6-5-14(27-16)7-10-23-11-17(21-22-23)19(26)8-1-2-9-19/h11,13-16,24,26H,1-10,12H2,(H,20,25)/t14-,15+,16-/m0/s1. The van der Waals surface area contributed by atoms with E-state index in [4.69, 9.17) is 4.74 Å². The molecule has 8 nitrogen and oxygen atoms in total. The molecule has 0 spiro atoms. The molecule has 0 unspecified atom stereocenters. The summed E-state index contributed by atoms with van der Waals surface area (Å²) in [4.78, 5) is 12.0. The number of ether oxygens (including phenoxy) is 1. The minimum Gasteiger partial charge on any atom is -0.394 e. The molecule has 150 valence electrons. The van der Waals surface area contributed by atoms with E-state index >= 15 is 0 Å². The third-order valence-electron chi connectivity index (χ3n) is 6.20. The number of carbonyl (C=O) groups is 1. The second-order valence-electron chi connectivity index (χ2n) is 8.34. The summed E-state index contributed by atoms with van der Waals surface area (Å²) < 4.78 is 7.79. The largest absolute Gasteiger partial charge is 0.394 e. The van der Waals surface area contributed by atoms with E-state index in [-0.39, 0.29) is 36.7 Å². The lowest BCUT2D eigenvalue weighted by Crippen LogP contribution is -2.51. The highest BCUT2D eigenvalue weighted by Gasteiger charge is 2.37. The molecule has 3 aliphatic rings. The van der Waals surface area contributed by atoms with Crippen molar-refractivity contribution < 1.29 is 19.7 Å². The van der Waals surface area contributed by atoms with Crippen LogP contribution in [0.5, 0.6) is 0 Å². The van der Waals surface area contributed by atoms with Crippen molar-refractivity contribution in [2.24, 2.45) is 5.92 Å². The average molecular weight is 378 g/mol. The molecule has 4 rings (SSSR count). The average Bonchev–Trinajstić information content (AvgIpc) is 3.25. The Morgan fingerprint density at radius 3 is 2.78 bits per heavy atom. The number of hydrogen-bond acceptors (Lipinski definition) is 6. The molecule has 2 saturated carbocycles. The smallest absolute Gasteiger partial charge is 0.223 e. The fourth-order valence-corrected chi connectivity index (χ4v) is 4.27. The van der Waals surface area contributed by atoms with Crippen LogP contribution >= 0.6 is 0 Å². The van der Waals surface area contributed by atoms with Crippen LogP contribution in [-0.4, -0.2) is 56.0 Å². The van der Waals surface area contributed by atoms with Gasteiger partial charge in [0, 0.05) is 12.5 Å². The first-order valence-corrected chi connectivity index (χ1v) is 10.3. The molecule has 3 N–H and O–H groups in total. The van der Waals surface area contributed by atoms with E-state index in [9.17, 15) is 15.0 Å². The van der Waals surface area contributed by atoms with Gasteiger partial charge in [-0.25, -0.2) is 0 Å². The van der Waals surface area contributed by atoms with Crippen molar-refractivity contribution >= 4 is 5.91 Å². The van der Waals surface area contributed by atoms with Gasteiger partial charge >= 0.3 is 0 Å². The lowest BCUT2D eigenvalue weighted by molar-refractivity contribution is -0.129. The predicted molar refractivity (Wildman–Crippen MR) is 96.6 cm³/mol. The predicted octanol–water partition coefficient (Wildman–Crippen LogP) is 0.864. The van der Waals surface area contributed by atoms with E-state index in [2.05, 4.69) is 15.6 Å². The summed E-state index contributed by atoms with van der Waals surface area (Å²) in [5, 5.41) is 31.6. The molecule has 2 aliphatic carbocycles. The number of aromatic nitrogens is 3. The van der Waals surface area contributed by atoms with Crippen LogP contribution in [0.4, 0.5) is 0 Å². The van der Waals surface area contributed by atoms with Crippen molar-refractivity contribution in [2.75, 3.05) is 6.61 Å². The number of nitrogens with zero attached hydrogens (tertiary/aromatic N) is 3. The Hall–Kier alpha value is -1.51. The lowest BCUT2D eigenvalue weighted by atomic mass is 9.97. The van der Waals surface area contributed by atoms with E-state index in [0.717, 1.165) is 57.8 Å². The molecule has 1 amide bonds. The summed E-state index contributed by atoms with van der Waals surface area (Å²) in [6.07, 6.45) is 9.46. The number of aliphatic hydroxyl groups excluding tert-OH is 1. The molecule has 3 atom stereocenters. The number of amides is 1. The number of nitrogens with one attached hydrogen (secondary N) is 1. The van der Waals surface area contributed by atoms with Crippen LogP contribution in [0, 0.1) is 5.92 Å². The van der Waals surface area contributed by atoms with Crippen molar-refractivity contribution in [1.82, 2.24) is 20.3 Å². The van der Waals surface area contributed by atoms with E-state index in [1.54, 1.807) is 4.68 Å². The van der Waals surface area contributed by atoms with Gasteiger partial charge < -0.3 is 20.3 Å². The van der Waals surface area contributed by atoms with Crippen LogP contribution in [-0.2, 0) is 21.7 Å². The second kappa shape index (κ2) is 7.85. The number of carbonyl (C=O) groups excluding carboxylic acids is 1. The van der Waals surface area contributed by atoms with E-state index in [0.29, 0.717) is 12.2 Å². The van der Waals surface area contributed by atoms with Gasteiger partial charge in [-0.05, 0) is 44.9 Å². The van der Waals surface area contributed by atoms with Gasteiger partial charge in [0.05, 0.1) is 24.9 Å². The Kier molecular flexibility index (Phi) is 5.48. The molecule has 0 radical (unpaired) electrons. The summed E-state index contributed by atoms with van der Waals surface area (Å²) in [6.45, 7) is 0.567. The topological polar surface area (TPSA) is 110 Å². The maximum atomic E-state index is 12.0. The minimum atomic E-state index is -0.811. The zero-order chi connectivity index (χ0) is 18.9. The molecular weight excluding hydrogens is 348 g/mol. The Morgan fingerprint density at radius 1 is 1.30 bits per heavy atom. The second-order valence-corrected chi connectivity index (χ2v) is 8.34. The summed E-state index contributed by atoms with van der Waals surface area (Å²) in [6, 6.07) is -0.103. The summed E-state index contributed by atoms with van der Waals surface area (Å²) >= 11 is 0.